The van der Waals surface area contributed by atoms with Crippen LogP contribution in [0.15, 0.2) is 78.7 Å². The molecule has 0 heterocycles. The van der Waals surface area contributed by atoms with Crippen LogP contribution in [0.25, 0.3) is 0 Å². The van der Waals surface area contributed by atoms with E-state index >= 15 is 0 Å². The molecular weight excluding hydrogens is 376 g/mol. The van der Waals surface area contributed by atoms with Crippen molar-refractivity contribution in [1.82, 2.24) is 4.31 Å². The third-order valence-corrected chi connectivity index (χ3v) is 5.79. The van der Waals surface area contributed by atoms with Gasteiger partial charge in [0, 0.05) is 29.9 Å². The van der Waals surface area contributed by atoms with Crippen molar-refractivity contribution >= 4 is 27.4 Å². The number of hydrogen-bond acceptors (Lipinski definition) is 4. The van der Waals surface area contributed by atoms with Crippen LogP contribution in [-0.2, 0) is 10.0 Å². The topological polar surface area (TPSA) is 83.6 Å². The van der Waals surface area contributed by atoms with Crippen molar-refractivity contribution in [2.45, 2.75) is 11.8 Å². The maximum absolute atomic E-state index is 12.7. The van der Waals surface area contributed by atoms with Gasteiger partial charge in [0.2, 0.25) is 10.0 Å². The number of nitrogens with zero attached hydrogens (tertiary/aromatic N) is 1. The van der Waals surface area contributed by atoms with Crippen LogP contribution < -0.4 is 5.32 Å². The summed E-state index contributed by atoms with van der Waals surface area (Å²) >= 11 is 0. The molecule has 0 fully saturated rings. The van der Waals surface area contributed by atoms with Crippen molar-refractivity contribution in [2.24, 2.45) is 0 Å². The summed E-state index contributed by atoms with van der Waals surface area (Å²) in [5.74, 6) is -0.507. The van der Waals surface area contributed by atoms with Gasteiger partial charge in [0.25, 0.3) is 5.91 Å². The smallest absolute Gasteiger partial charge is 0.255 e. The molecule has 0 saturated carbocycles. The van der Waals surface area contributed by atoms with E-state index in [1.165, 1.54) is 47.6 Å². The number of amides is 1. The summed E-state index contributed by atoms with van der Waals surface area (Å²) in [7, 11) is -3.72. The Kier molecular flexibility index (Phi) is 7.03. The second kappa shape index (κ2) is 9.25. The monoisotopic (exact) mass is 398 g/mol. The minimum atomic E-state index is -3.72. The minimum absolute atomic E-state index is 0.0753. The highest BCUT2D eigenvalue weighted by atomic mass is 32.2. The number of anilines is 1. The lowest BCUT2D eigenvalue weighted by molar-refractivity contribution is 0.101. The van der Waals surface area contributed by atoms with Crippen LogP contribution in [0.1, 0.15) is 27.6 Å². The quantitative estimate of drug-likeness (QED) is 0.518. The fourth-order valence-electron chi connectivity index (χ4n) is 2.51. The van der Waals surface area contributed by atoms with E-state index in [1.54, 1.807) is 24.3 Å². The van der Waals surface area contributed by atoms with Gasteiger partial charge < -0.3 is 5.32 Å². The first-order chi connectivity index (χ1) is 13.3. The molecule has 0 radical (unpaired) electrons. The molecule has 0 aliphatic rings. The summed E-state index contributed by atoms with van der Waals surface area (Å²) in [6, 6.07) is 12.2. The molecule has 28 heavy (non-hydrogen) atoms. The number of carbonyl (C=O) groups is 2. The average molecular weight is 398 g/mol. The van der Waals surface area contributed by atoms with Gasteiger partial charge in [-0.3, -0.25) is 9.59 Å². The molecule has 2 rings (SSSR count). The molecule has 0 aromatic heterocycles. The number of benzene rings is 2. The van der Waals surface area contributed by atoms with Crippen molar-refractivity contribution in [3.63, 3.8) is 0 Å². The number of Topliss-reactive ketones (excluding diaryl/α,β-unsaturated/α-hetero) is 1. The molecule has 0 bridgehead atoms. The van der Waals surface area contributed by atoms with Crippen molar-refractivity contribution in [1.29, 1.82) is 0 Å². The zero-order valence-electron chi connectivity index (χ0n) is 15.6. The summed E-state index contributed by atoms with van der Waals surface area (Å²) in [5.41, 5.74) is 1.27. The molecular formula is C21H22N2O4S. The van der Waals surface area contributed by atoms with Crippen LogP contribution in [0.3, 0.4) is 0 Å². The van der Waals surface area contributed by atoms with Gasteiger partial charge in [0.15, 0.2) is 5.78 Å². The molecule has 146 valence electrons. The van der Waals surface area contributed by atoms with E-state index in [0.29, 0.717) is 16.8 Å². The molecule has 0 spiro atoms. The second-order valence-corrected chi connectivity index (χ2v) is 7.95. The van der Waals surface area contributed by atoms with Crippen LogP contribution in [0.2, 0.25) is 0 Å². The van der Waals surface area contributed by atoms with E-state index in [4.69, 9.17) is 0 Å². The summed E-state index contributed by atoms with van der Waals surface area (Å²) in [5, 5.41) is 2.70. The molecule has 6 nitrogen and oxygen atoms in total. The lowest BCUT2D eigenvalue weighted by atomic mass is 10.1. The van der Waals surface area contributed by atoms with E-state index in [2.05, 4.69) is 18.5 Å². The summed E-state index contributed by atoms with van der Waals surface area (Å²) in [6.45, 7) is 8.90. The second-order valence-electron chi connectivity index (χ2n) is 6.01. The molecule has 7 heteroatoms. The largest absolute Gasteiger partial charge is 0.322 e. The highest BCUT2D eigenvalue weighted by molar-refractivity contribution is 7.89. The average Bonchev–Trinajstić information content (AvgIpc) is 2.68. The van der Waals surface area contributed by atoms with E-state index < -0.39 is 15.9 Å². The minimum Gasteiger partial charge on any atom is -0.322 e. The predicted molar refractivity (Wildman–Crippen MR) is 110 cm³/mol. The Morgan fingerprint density at radius 2 is 1.61 bits per heavy atom. The normalized spacial score (nSPS) is 11.1. The third-order valence-electron chi connectivity index (χ3n) is 3.95. The highest BCUT2D eigenvalue weighted by Crippen LogP contribution is 2.18. The Balaban J connectivity index is 2.20. The van der Waals surface area contributed by atoms with Gasteiger partial charge in [-0.1, -0.05) is 24.3 Å². The van der Waals surface area contributed by atoms with Gasteiger partial charge in [-0.2, -0.15) is 4.31 Å². The third kappa shape index (κ3) is 5.03. The molecule has 2 aromatic carbocycles. The lowest BCUT2D eigenvalue weighted by Gasteiger charge is -2.19. The molecule has 0 unspecified atom stereocenters. The van der Waals surface area contributed by atoms with E-state index in [0.717, 1.165) is 0 Å². The Labute approximate surface area is 165 Å². The van der Waals surface area contributed by atoms with Crippen molar-refractivity contribution in [3.8, 4) is 0 Å². The Morgan fingerprint density at radius 1 is 1.00 bits per heavy atom. The van der Waals surface area contributed by atoms with Crippen molar-refractivity contribution < 1.29 is 18.0 Å². The van der Waals surface area contributed by atoms with Crippen molar-refractivity contribution in [2.75, 3.05) is 18.4 Å². The van der Waals surface area contributed by atoms with Crippen LogP contribution in [-0.4, -0.2) is 37.5 Å². The predicted octanol–water partition coefficient (Wildman–Crippen LogP) is 3.50. The van der Waals surface area contributed by atoms with E-state index in [-0.39, 0.29) is 23.8 Å². The maximum Gasteiger partial charge on any atom is 0.255 e. The highest BCUT2D eigenvalue weighted by Gasteiger charge is 2.22. The first kappa shape index (κ1) is 21.3. The van der Waals surface area contributed by atoms with Gasteiger partial charge in [-0.25, -0.2) is 8.42 Å². The molecule has 2 aromatic rings. The maximum atomic E-state index is 12.7. The molecule has 1 N–H and O–H groups in total. The van der Waals surface area contributed by atoms with Gasteiger partial charge in [0.05, 0.1) is 4.90 Å². The van der Waals surface area contributed by atoms with Gasteiger partial charge in [-0.05, 0) is 43.3 Å². The Morgan fingerprint density at radius 3 is 2.14 bits per heavy atom. The molecule has 1 amide bonds. The summed E-state index contributed by atoms with van der Waals surface area (Å²) in [4.78, 5) is 23.9. The van der Waals surface area contributed by atoms with Gasteiger partial charge in [-0.15, -0.1) is 13.2 Å². The van der Waals surface area contributed by atoms with E-state index in [9.17, 15) is 18.0 Å². The molecule has 0 aliphatic carbocycles. The van der Waals surface area contributed by atoms with Gasteiger partial charge in [0.1, 0.15) is 0 Å². The van der Waals surface area contributed by atoms with Crippen LogP contribution in [0, 0.1) is 0 Å². The Bertz CT molecular complexity index is 985. The number of carbonyl (C=O) groups excluding carboxylic acids is 2. The number of ketones is 1. The van der Waals surface area contributed by atoms with Crippen LogP contribution >= 0.6 is 0 Å². The number of hydrogen-bond donors (Lipinski definition) is 1. The zero-order valence-corrected chi connectivity index (χ0v) is 16.4. The SMILES string of the molecule is C=CCN(CC=C)S(=O)(=O)c1ccc(C(=O)Nc2cccc(C(C)=O)c2)cc1. The van der Waals surface area contributed by atoms with Gasteiger partial charge >= 0.3 is 0 Å². The number of sulfonamides is 1. The molecule has 0 aliphatic heterocycles. The standard InChI is InChI=1S/C21H22N2O4S/c1-4-13-23(14-5-2)28(26,27)20-11-9-17(10-12-20)21(25)22-19-8-6-7-18(15-19)16(3)24/h4-12,15H,1-2,13-14H2,3H3,(H,22,25). The summed E-state index contributed by atoms with van der Waals surface area (Å²) < 4.78 is 26.6. The molecule has 0 atom stereocenters. The van der Waals surface area contributed by atoms with Crippen molar-refractivity contribution in [3.05, 3.63) is 85.0 Å². The fourth-order valence-corrected chi connectivity index (χ4v) is 3.89. The zero-order chi connectivity index (χ0) is 20.7. The lowest BCUT2D eigenvalue weighted by Crippen LogP contribution is -2.31. The first-order valence-corrected chi connectivity index (χ1v) is 9.98. The van der Waals surface area contributed by atoms with E-state index in [1.807, 2.05) is 0 Å². The van der Waals surface area contributed by atoms with Crippen LogP contribution in [0.5, 0.6) is 0 Å². The number of rotatable bonds is 9. The number of nitrogens with one attached hydrogen (secondary N) is 1. The molecule has 0 saturated heterocycles. The fraction of sp³-hybridized carbons (Fsp3) is 0.143. The summed E-state index contributed by atoms with van der Waals surface area (Å²) in [6.07, 6.45) is 3.00. The first-order valence-electron chi connectivity index (χ1n) is 8.54. The Hall–Kier alpha value is -3.03. The van der Waals surface area contributed by atoms with Crippen LogP contribution in [0.4, 0.5) is 5.69 Å².